The average Bonchev–Trinajstić information content (AvgIpc) is 3.41. The van der Waals surface area contributed by atoms with Gasteiger partial charge < -0.3 is 16.2 Å². The standard InChI is InChI=1S/C20H23F3N2O.ClH/c21-20(22,23)16-8-4-7-15(12-16)19(9-10-19)25-13-18(26)17(24)11-14-5-2-1-3-6-14;/h1-8,12,17-18,25-26H,9-11,13,24H2;1H/t17-,18+;/m0./s1. The lowest BCUT2D eigenvalue weighted by atomic mass is 9.99. The second kappa shape index (κ2) is 8.61. The van der Waals surface area contributed by atoms with Gasteiger partial charge in [0.1, 0.15) is 0 Å². The van der Waals surface area contributed by atoms with Crippen LogP contribution in [-0.4, -0.2) is 23.8 Å². The zero-order valence-corrected chi connectivity index (χ0v) is 15.6. The summed E-state index contributed by atoms with van der Waals surface area (Å²) in [6.45, 7) is 0.240. The van der Waals surface area contributed by atoms with Gasteiger partial charge in [0.15, 0.2) is 0 Å². The highest BCUT2D eigenvalue weighted by molar-refractivity contribution is 5.85. The van der Waals surface area contributed by atoms with Gasteiger partial charge in [-0.2, -0.15) is 13.2 Å². The molecule has 148 valence electrons. The molecule has 1 fully saturated rings. The zero-order valence-electron chi connectivity index (χ0n) is 14.7. The van der Waals surface area contributed by atoms with Gasteiger partial charge in [0.2, 0.25) is 0 Å². The molecule has 2 aromatic carbocycles. The number of halogens is 4. The minimum atomic E-state index is -4.36. The molecule has 3 rings (SSSR count). The maximum absolute atomic E-state index is 12.9. The summed E-state index contributed by atoms with van der Waals surface area (Å²) < 4.78 is 38.8. The fraction of sp³-hybridized carbons (Fsp3) is 0.400. The lowest BCUT2D eigenvalue weighted by Crippen LogP contribution is -2.45. The fourth-order valence-corrected chi connectivity index (χ4v) is 3.16. The van der Waals surface area contributed by atoms with Crippen molar-refractivity contribution in [2.24, 2.45) is 5.73 Å². The number of nitrogens with one attached hydrogen (secondary N) is 1. The number of alkyl halides is 3. The highest BCUT2D eigenvalue weighted by Crippen LogP contribution is 2.46. The van der Waals surface area contributed by atoms with Gasteiger partial charge in [-0.3, -0.25) is 0 Å². The van der Waals surface area contributed by atoms with Crippen LogP contribution in [0, 0.1) is 0 Å². The molecule has 0 amide bonds. The first-order chi connectivity index (χ1) is 12.3. The molecule has 0 radical (unpaired) electrons. The van der Waals surface area contributed by atoms with E-state index in [1.165, 1.54) is 12.1 Å². The first kappa shape index (κ1) is 21.7. The number of nitrogens with two attached hydrogens (primary N) is 1. The van der Waals surface area contributed by atoms with Crippen molar-refractivity contribution in [1.82, 2.24) is 5.32 Å². The van der Waals surface area contributed by atoms with E-state index in [-0.39, 0.29) is 19.0 Å². The predicted molar refractivity (Wildman–Crippen MR) is 102 cm³/mol. The third-order valence-electron chi connectivity index (χ3n) is 4.95. The Balaban J connectivity index is 0.00000261. The minimum absolute atomic E-state index is 0. The van der Waals surface area contributed by atoms with E-state index in [1.807, 2.05) is 30.3 Å². The van der Waals surface area contributed by atoms with Crippen LogP contribution in [-0.2, 0) is 18.1 Å². The molecular formula is C20H24ClF3N2O. The Morgan fingerprint density at radius 2 is 1.74 bits per heavy atom. The summed E-state index contributed by atoms with van der Waals surface area (Å²) >= 11 is 0. The van der Waals surface area contributed by atoms with Crippen molar-refractivity contribution in [3.8, 4) is 0 Å². The molecule has 2 atom stereocenters. The molecule has 0 bridgehead atoms. The second-order valence-electron chi connectivity index (χ2n) is 6.96. The van der Waals surface area contributed by atoms with E-state index in [0.29, 0.717) is 12.0 Å². The predicted octanol–water partition coefficient (Wildman–Crippen LogP) is 3.64. The van der Waals surface area contributed by atoms with Crippen LogP contribution in [0.2, 0.25) is 0 Å². The van der Waals surface area contributed by atoms with Crippen LogP contribution >= 0.6 is 12.4 Å². The molecule has 2 aromatic rings. The summed E-state index contributed by atoms with van der Waals surface area (Å²) in [5.41, 5.74) is 6.59. The Morgan fingerprint density at radius 1 is 1.07 bits per heavy atom. The Kier molecular flexibility index (Phi) is 6.92. The van der Waals surface area contributed by atoms with Gasteiger partial charge in [-0.15, -0.1) is 12.4 Å². The lowest BCUT2D eigenvalue weighted by Gasteiger charge is -2.24. The van der Waals surface area contributed by atoms with Gasteiger partial charge in [-0.25, -0.2) is 0 Å². The molecule has 1 saturated carbocycles. The number of benzene rings is 2. The summed E-state index contributed by atoms with van der Waals surface area (Å²) in [7, 11) is 0. The van der Waals surface area contributed by atoms with E-state index in [2.05, 4.69) is 5.32 Å². The Labute approximate surface area is 163 Å². The lowest BCUT2D eigenvalue weighted by molar-refractivity contribution is -0.137. The molecule has 0 saturated heterocycles. The molecule has 1 aliphatic carbocycles. The van der Waals surface area contributed by atoms with Crippen LogP contribution in [0.3, 0.4) is 0 Å². The Hall–Kier alpha value is -1.60. The number of hydrogen-bond acceptors (Lipinski definition) is 3. The van der Waals surface area contributed by atoms with Gasteiger partial charge in [-0.05, 0) is 42.5 Å². The molecule has 0 aliphatic heterocycles. The van der Waals surface area contributed by atoms with Crippen molar-refractivity contribution in [2.45, 2.75) is 43.1 Å². The smallest absolute Gasteiger partial charge is 0.390 e. The largest absolute Gasteiger partial charge is 0.416 e. The molecule has 3 nitrogen and oxygen atoms in total. The maximum Gasteiger partial charge on any atom is 0.416 e. The molecule has 1 aliphatic rings. The fourth-order valence-electron chi connectivity index (χ4n) is 3.16. The molecule has 4 N–H and O–H groups in total. The van der Waals surface area contributed by atoms with E-state index >= 15 is 0 Å². The molecule has 0 aromatic heterocycles. The molecule has 0 heterocycles. The van der Waals surface area contributed by atoms with E-state index in [4.69, 9.17) is 5.73 Å². The van der Waals surface area contributed by atoms with Crippen LogP contribution < -0.4 is 11.1 Å². The number of rotatable bonds is 7. The second-order valence-corrected chi connectivity index (χ2v) is 6.96. The monoisotopic (exact) mass is 400 g/mol. The van der Waals surface area contributed by atoms with Crippen LogP contribution in [0.4, 0.5) is 13.2 Å². The average molecular weight is 401 g/mol. The van der Waals surface area contributed by atoms with E-state index in [1.54, 1.807) is 6.07 Å². The normalized spacial score (nSPS) is 17.7. The van der Waals surface area contributed by atoms with Crippen LogP contribution in [0.15, 0.2) is 54.6 Å². The van der Waals surface area contributed by atoms with E-state index in [9.17, 15) is 18.3 Å². The quantitative estimate of drug-likeness (QED) is 0.665. The van der Waals surface area contributed by atoms with Crippen molar-refractivity contribution in [2.75, 3.05) is 6.54 Å². The van der Waals surface area contributed by atoms with Crippen LogP contribution in [0.25, 0.3) is 0 Å². The first-order valence-corrected chi connectivity index (χ1v) is 8.70. The molecule has 7 heteroatoms. The van der Waals surface area contributed by atoms with Crippen LogP contribution in [0.5, 0.6) is 0 Å². The SMILES string of the molecule is Cl.N[C@@H](Cc1ccccc1)[C@H](O)CNC1(c2cccc(C(F)(F)F)c2)CC1. The van der Waals surface area contributed by atoms with Gasteiger partial charge >= 0.3 is 6.18 Å². The Bertz CT molecular complexity index is 736. The van der Waals surface area contributed by atoms with Gasteiger partial charge in [-0.1, -0.05) is 42.5 Å². The van der Waals surface area contributed by atoms with Gasteiger partial charge in [0.05, 0.1) is 11.7 Å². The summed E-state index contributed by atoms with van der Waals surface area (Å²) in [5, 5.41) is 13.6. The van der Waals surface area contributed by atoms with Gasteiger partial charge in [0, 0.05) is 18.1 Å². The van der Waals surface area contributed by atoms with E-state index < -0.39 is 29.4 Å². The summed E-state index contributed by atoms with van der Waals surface area (Å²) in [4.78, 5) is 0. The number of aliphatic hydroxyl groups excluding tert-OH is 1. The summed E-state index contributed by atoms with van der Waals surface area (Å²) in [6.07, 6.45) is -3.10. The summed E-state index contributed by atoms with van der Waals surface area (Å²) in [6, 6.07) is 14.6. The van der Waals surface area contributed by atoms with Crippen molar-refractivity contribution in [3.63, 3.8) is 0 Å². The van der Waals surface area contributed by atoms with Crippen molar-refractivity contribution >= 4 is 12.4 Å². The van der Waals surface area contributed by atoms with E-state index in [0.717, 1.165) is 24.5 Å². The highest BCUT2D eigenvalue weighted by atomic mass is 35.5. The van der Waals surface area contributed by atoms with Crippen molar-refractivity contribution in [3.05, 3.63) is 71.3 Å². The first-order valence-electron chi connectivity index (χ1n) is 8.70. The third kappa shape index (κ3) is 5.45. The van der Waals surface area contributed by atoms with Gasteiger partial charge in [0.25, 0.3) is 0 Å². The Morgan fingerprint density at radius 3 is 2.33 bits per heavy atom. The zero-order chi connectivity index (χ0) is 18.8. The molecular weight excluding hydrogens is 377 g/mol. The molecule has 0 spiro atoms. The third-order valence-corrected chi connectivity index (χ3v) is 4.95. The number of hydrogen-bond donors (Lipinski definition) is 3. The highest BCUT2D eigenvalue weighted by Gasteiger charge is 2.45. The van der Waals surface area contributed by atoms with Crippen molar-refractivity contribution in [1.29, 1.82) is 0 Å². The number of aliphatic hydroxyl groups is 1. The summed E-state index contributed by atoms with van der Waals surface area (Å²) in [5.74, 6) is 0. The topological polar surface area (TPSA) is 58.3 Å². The maximum atomic E-state index is 12.9. The molecule has 0 unspecified atom stereocenters. The molecule has 27 heavy (non-hydrogen) atoms. The van der Waals surface area contributed by atoms with Crippen LogP contribution in [0.1, 0.15) is 29.5 Å². The minimum Gasteiger partial charge on any atom is -0.390 e. The van der Waals surface area contributed by atoms with Crippen molar-refractivity contribution < 1.29 is 18.3 Å².